The Morgan fingerprint density at radius 1 is 1.10 bits per heavy atom. The summed E-state index contributed by atoms with van der Waals surface area (Å²) in [6.45, 7) is 4.97. The summed E-state index contributed by atoms with van der Waals surface area (Å²) in [5, 5.41) is 5.97. The van der Waals surface area contributed by atoms with Gasteiger partial charge >= 0.3 is 0 Å². The van der Waals surface area contributed by atoms with E-state index < -0.39 is 0 Å². The molecule has 0 bridgehead atoms. The van der Waals surface area contributed by atoms with Gasteiger partial charge in [0.15, 0.2) is 0 Å². The van der Waals surface area contributed by atoms with E-state index in [0.717, 1.165) is 11.3 Å². The predicted molar refractivity (Wildman–Crippen MR) is 85.4 cm³/mol. The highest BCUT2D eigenvalue weighted by Gasteiger charge is 2.04. The fourth-order valence-corrected chi connectivity index (χ4v) is 1.87. The van der Waals surface area contributed by atoms with Crippen LogP contribution < -0.4 is 16.4 Å². The Kier molecular flexibility index (Phi) is 4.77. The van der Waals surface area contributed by atoms with Crippen molar-refractivity contribution in [2.24, 2.45) is 0 Å². The number of pyridine rings is 1. The third-order valence-electron chi connectivity index (χ3n) is 3.08. The van der Waals surface area contributed by atoms with Crippen LogP contribution in [0.15, 0.2) is 36.4 Å². The zero-order valence-electron chi connectivity index (χ0n) is 12.3. The summed E-state index contributed by atoms with van der Waals surface area (Å²) in [5.41, 5.74) is 9.12. The zero-order valence-corrected chi connectivity index (χ0v) is 12.3. The third-order valence-corrected chi connectivity index (χ3v) is 3.08. The van der Waals surface area contributed by atoms with E-state index in [2.05, 4.69) is 15.6 Å². The first kappa shape index (κ1) is 14.8. The lowest BCUT2D eigenvalue weighted by atomic mass is 10.1. The average molecular weight is 284 g/mol. The van der Waals surface area contributed by atoms with Crippen LogP contribution >= 0.6 is 0 Å². The molecule has 0 aliphatic carbocycles. The summed E-state index contributed by atoms with van der Waals surface area (Å²) in [4.78, 5) is 16.2. The lowest BCUT2D eigenvalue weighted by Gasteiger charge is -2.10. The summed E-state index contributed by atoms with van der Waals surface area (Å²) in [5.74, 6) is 0.571. The molecule has 1 amide bonds. The number of hydrogen-bond acceptors (Lipinski definition) is 4. The third kappa shape index (κ3) is 4.21. The Morgan fingerprint density at radius 2 is 1.81 bits per heavy atom. The molecule has 0 aliphatic heterocycles. The van der Waals surface area contributed by atoms with Gasteiger partial charge in [0.05, 0.1) is 5.69 Å². The van der Waals surface area contributed by atoms with Crippen molar-refractivity contribution in [3.05, 3.63) is 53.2 Å². The van der Waals surface area contributed by atoms with Crippen LogP contribution in [0.2, 0.25) is 0 Å². The SMILES string of the molecule is Cc1ccc(C(=O)NCCNc2nc(C)ccc2N)cc1. The summed E-state index contributed by atoms with van der Waals surface area (Å²) >= 11 is 0. The van der Waals surface area contributed by atoms with Gasteiger partial charge in [0.25, 0.3) is 5.91 Å². The first-order valence-electron chi connectivity index (χ1n) is 6.88. The number of carbonyl (C=O) groups is 1. The molecule has 0 saturated carbocycles. The minimum absolute atomic E-state index is 0.0815. The van der Waals surface area contributed by atoms with Gasteiger partial charge in [-0.3, -0.25) is 4.79 Å². The van der Waals surface area contributed by atoms with Gasteiger partial charge in [-0.25, -0.2) is 4.98 Å². The topological polar surface area (TPSA) is 80.0 Å². The van der Waals surface area contributed by atoms with Gasteiger partial charge in [-0.05, 0) is 38.1 Å². The van der Waals surface area contributed by atoms with Gasteiger partial charge in [0, 0.05) is 24.3 Å². The van der Waals surface area contributed by atoms with E-state index in [1.54, 1.807) is 0 Å². The van der Waals surface area contributed by atoms with Gasteiger partial charge in [-0.15, -0.1) is 0 Å². The Morgan fingerprint density at radius 3 is 2.52 bits per heavy atom. The molecule has 0 spiro atoms. The van der Waals surface area contributed by atoms with Crippen molar-refractivity contribution in [3.63, 3.8) is 0 Å². The molecule has 0 aliphatic rings. The van der Waals surface area contributed by atoms with Gasteiger partial charge < -0.3 is 16.4 Å². The number of rotatable bonds is 5. The molecule has 0 radical (unpaired) electrons. The maximum absolute atomic E-state index is 11.9. The Hall–Kier alpha value is -2.56. The minimum Gasteiger partial charge on any atom is -0.396 e. The molecule has 2 aromatic rings. The maximum atomic E-state index is 11.9. The highest BCUT2D eigenvalue weighted by Crippen LogP contribution is 2.14. The summed E-state index contributed by atoms with van der Waals surface area (Å²) in [7, 11) is 0. The van der Waals surface area contributed by atoms with Crippen molar-refractivity contribution in [3.8, 4) is 0 Å². The van der Waals surface area contributed by atoms with E-state index >= 15 is 0 Å². The minimum atomic E-state index is -0.0815. The van der Waals surface area contributed by atoms with Crippen LogP contribution in [-0.2, 0) is 0 Å². The number of anilines is 2. The number of amides is 1. The molecule has 0 saturated heterocycles. The molecule has 0 unspecified atom stereocenters. The molecule has 1 aromatic heterocycles. The van der Waals surface area contributed by atoms with E-state index in [4.69, 9.17) is 5.73 Å². The smallest absolute Gasteiger partial charge is 0.251 e. The molecule has 1 heterocycles. The van der Waals surface area contributed by atoms with Crippen molar-refractivity contribution in [1.82, 2.24) is 10.3 Å². The van der Waals surface area contributed by atoms with Crippen molar-refractivity contribution < 1.29 is 4.79 Å². The van der Waals surface area contributed by atoms with E-state index in [1.807, 2.05) is 50.2 Å². The summed E-state index contributed by atoms with van der Waals surface area (Å²) < 4.78 is 0. The van der Waals surface area contributed by atoms with Crippen LogP contribution in [0.1, 0.15) is 21.6 Å². The molecule has 4 N–H and O–H groups in total. The monoisotopic (exact) mass is 284 g/mol. The van der Waals surface area contributed by atoms with Crippen LogP contribution in [0.5, 0.6) is 0 Å². The number of nitrogen functional groups attached to an aromatic ring is 1. The second-order valence-electron chi connectivity index (χ2n) is 4.94. The fourth-order valence-electron chi connectivity index (χ4n) is 1.87. The van der Waals surface area contributed by atoms with Crippen LogP contribution in [-0.4, -0.2) is 24.0 Å². The summed E-state index contributed by atoms with van der Waals surface area (Å²) in [6, 6.07) is 11.2. The van der Waals surface area contributed by atoms with Crippen molar-refractivity contribution >= 4 is 17.4 Å². The average Bonchev–Trinajstić information content (AvgIpc) is 2.47. The summed E-state index contributed by atoms with van der Waals surface area (Å²) in [6.07, 6.45) is 0. The van der Waals surface area contributed by atoms with Gasteiger partial charge in [-0.1, -0.05) is 17.7 Å². The van der Waals surface area contributed by atoms with E-state index in [-0.39, 0.29) is 5.91 Å². The number of carbonyl (C=O) groups excluding carboxylic acids is 1. The van der Waals surface area contributed by atoms with E-state index in [0.29, 0.717) is 30.2 Å². The lowest BCUT2D eigenvalue weighted by Crippen LogP contribution is -2.29. The second kappa shape index (κ2) is 6.74. The Balaban J connectivity index is 1.80. The standard InChI is InChI=1S/C16H20N4O/c1-11-3-6-13(7-4-11)16(21)19-10-9-18-15-14(17)8-5-12(2)20-15/h3-8H,9-10,17H2,1-2H3,(H,18,20)(H,19,21). The molecular weight excluding hydrogens is 264 g/mol. The van der Waals surface area contributed by atoms with Crippen LogP contribution in [0.4, 0.5) is 11.5 Å². The first-order valence-corrected chi connectivity index (χ1v) is 6.88. The van der Waals surface area contributed by atoms with E-state index in [9.17, 15) is 4.79 Å². The Bertz CT molecular complexity index is 623. The van der Waals surface area contributed by atoms with Crippen molar-refractivity contribution in [2.45, 2.75) is 13.8 Å². The number of nitrogens with two attached hydrogens (primary N) is 1. The van der Waals surface area contributed by atoms with E-state index in [1.165, 1.54) is 0 Å². The number of benzene rings is 1. The molecule has 5 nitrogen and oxygen atoms in total. The molecule has 1 aromatic carbocycles. The highest BCUT2D eigenvalue weighted by molar-refractivity contribution is 5.94. The van der Waals surface area contributed by atoms with Crippen molar-refractivity contribution in [2.75, 3.05) is 24.1 Å². The second-order valence-corrected chi connectivity index (χ2v) is 4.94. The number of aromatic nitrogens is 1. The fraction of sp³-hybridized carbons (Fsp3) is 0.250. The maximum Gasteiger partial charge on any atom is 0.251 e. The molecule has 21 heavy (non-hydrogen) atoms. The normalized spacial score (nSPS) is 10.2. The molecule has 5 heteroatoms. The zero-order chi connectivity index (χ0) is 15.2. The van der Waals surface area contributed by atoms with Crippen LogP contribution in [0.3, 0.4) is 0 Å². The molecule has 2 rings (SSSR count). The molecule has 0 fully saturated rings. The Labute approximate surface area is 124 Å². The molecule has 110 valence electrons. The quantitative estimate of drug-likeness (QED) is 0.735. The lowest BCUT2D eigenvalue weighted by molar-refractivity contribution is 0.0955. The van der Waals surface area contributed by atoms with Crippen molar-refractivity contribution in [1.29, 1.82) is 0 Å². The van der Waals surface area contributed by atoms with Gasteiger partial charge in [-0.2, -0.15) is 0 Å². The van der Waals surface area contributed by atoms with Gasteiger partial charge in [0.1, 0.15) is 5.82 Å². The van der Waals surface area contributed by atoms with Crippen LogP contribution in [0.25, 0.3) is 0 Å². The number of nitrogens with one attached hydrogen (secondary N) is 2. The number of aryl methyl sites for hydroxylation is 2. The highest BCUT2D eigenvalue weighted by atomic mass is 16.1. The molecular formula is C16H20N4O. The van der Waals surface area contributed by atoms with Crippen LogP contribution in [0, 0.1) is 13.8 Å². The number of hydrogen-bond donors (Lipinski definition) is 3. The van der Waals surface area contributed by atoms with Gasteiger partial charge in [0.2, 0.25) is 0 Å². The number of nitrogens with zero attached hydrogens (tertiary/aromatic N) is 1. The first-order chi connectivity index (χ1) is 10.1. The molecule has 0 atom stereocenters. The predicted octanol–water partition coefficient (Wildman–Crippen LogP) is 2.12. The largest absolute Gasteiger partial charge is 0.396 e.